The van der Waals surface area contributed by atoms with Crippen LogP contribution in [0.2, 0.25) is 0 Å². The van der Waals surface area contributed by atoms with E-state index in [4.69, 9.17) is 17.0 Å². The molecule has 19 heavy (non-hydrogen) atoms. The zero-order valence-electron chi connectivity index (χ0n) is 11.0. The molecule has 1 aromatic carbocycles. The molecule has 0 unspecified atom stereocenters. The number of ether oxygens (including phenoxy) is 1. The maximum Gasteiger partial charge on any atom is 0.257 e. The number of rotatable bonds is 2. The summed E-state index contributed by atoms with van der Waals surface area (Å²) in [7, 11) is 1.58. The molecule has 0 saturated carbocycles. The van der Waals surface area contributed by atoms with Crippen molar-refractivity contribution < 1.29 is 9.53 Å². The molecular formula is C14H18N2O2S. The quantitative estimate of drug-likeness (QED) is 0.842. The first kappa shape index (κ1) is 13.8. The SMILES string of the molecule is COc1cccc(C(=O)NC(=S)N2CCCCC2)c1. The molecular weight excluding hydrogens is 260 g/mol. The van der Waals surface area contributed by atoms with Gasteiger partial charge in [0, 0.05) is 18.7 Å². The summed E-state index contributed by atoms with van der Waals surface area (Å²) >= 11 is 5.27. The second kappa shape index (κ2) is 6.52. The molecule has 1 fully saturated rings. The van der Waals surface area contributed by atoms with Crippen LogP contribution in [0.3, 0.4) is 0 Å². The lowest BCUT2D eigenvalue weighted by Crippen LogP contribution is -2.44. The third kappa shape index (κ3) is 3.67. The Kier molecular flexibility index (Phi) is 4.74. The highest BCUT2D eigenvalue weighted by Crippen LogP contribution is 2.13. The van der Waals surface area contributed by atoms with Gasteiger partial charge >= 0.3 is 0 Å². The predicted molar refractivity (Wildman–Crippen MR) is 78.5 cm³/mol. The lowest BCUT2D eigenvalue weighted by molar-refractivity contribution is 0.0972. The standard InChI is InChI=1S/C14H18N2O2S/c1-18-12-7-5-6-11(10-12)13(17)15-14(19)16-8-3-2-4-9-16/h5-7,10H,2-4,8-9H2,1H3,(H,15,17,19). The van der Waals surface area contributed by atoms with Crippen LogP contribution in [0.4, 0.5) is 0 Å². The van der Waals surface area contributed by atoms with Gasteiger partial charge in [0.25, 0.3) is 5.91 Å². The van der Waals surface area contributed by atoms with Crippen molar-refractivity contribution in [2.24, 2.45) is 0 Å². The largest absolute Gasteiger partial charge is 0.497 e. The summed E-state index contributed by atoms with van der Waals surface area (Å²) in [5.74, 6) is 0.478. The summed E-state index contributed by atoms with van der Waals surface area (Å²) in [4.78, 5) is 14.1. The van der Waals surface area contributed by atoms with Crippen LogP contribution in [0.15, 0.2) is 24.3 Å². The molecule has 102 valence electrons. The molecule has 0 radical (unpaired) electrons. The fourth-order valence-corrected chi connectivity index (χ4v) is 2.38. The van der Waals surface area contributed by atoms with Crippen LogP contribution in [-0.2, 0) is 0 Å². The van der Waals surface area contributed by atoms with Crippen molar-refractivity contribution in [3.63, 3.8) is 0 Å². The van der Waals surface area contributed by atoms with E-state index in [2.05, 4.69) is 10.2 Å². The van der Waals surface area contributed by atoms with E-state index in [1.807, 2.05) is 0 Å². The van der Waals surface area contributed by atoms with Gasteiger partial charge in [-0.05, 0) is 49.7 Å². The van der Waals surface area contributed by atoms with Crippen molar-refractivity contribution in [2.75, 3.05) is 20.2 Å². The van der Waals surface area contributed by atoms with Crippen LogP contribution >= 0.6 is 12.2 Å². The molecule has 1 saturated heterocycles. The van der Waals surface area contributed by atoms with Crippen LogP contribution in [0.5, 0.6) is 5.75 Å². The van der Waals surface area contributed by atoms with Gasteiger partial charge in [0.1, 0.15) is 5.75 Å². The van der Waals surface area contributed by atoms with E-state index in [9.17, 15) is 4.79 Å². The number of carbonyl (C=O) groups is 1. The number of carbonyl (C=O) groups excluding carboxylic acids is 1. The molecule has 0 aliphatic carbocycles. The van der Waals surface area contributed by atoms with E-state index >= 15 is 0 Å². The number of thiocarbonyl (C=S) groups is 1. The Balaban J connectivity index is 1.97. The van der Waals surface area contributed by atoms with E-state index in [-0.39, 0.29) is 5.91 Å². The van der Waals surface area contributed by atoms with Gasteiger partial charge in [0.15, 0.2) is 5.11 Å². The number of piperidine rings is 1. The first-order valence-electron chi connectivity index (χ1n) is 6.45. The molecule has 0 bridgehead atoms. The lowest BCUT2D eigenvalue weighted by Gasteiger charge is -2.28. The molecule has 4 nitrogen and oxygen atoms in total. The summed E-state index contributed by atoms with van der Waals surface area (Å²) in [5.41, 5.74) is 0.554. The number of methoxy groups -OCH3 is 1. The Hall–Kier alpha value is -1.62. The summed E-state index contributed by atoms with van der Waals surface area (Å²) in [6.45, 7) is 1.86. The number of nitrogens with one attached hydrogen (secondary N) is 1. The molecule has 1 amide bonds. The van der Waals surface area contributed by atoms with Crippen LogP contribution in [0.25, 0.3) is 0 Å². The fourth-order valence-electron chi connectivity index (χ4n) is 2.11. The number of nitrogens with zero attached hydrogens (tertiary/aromatic N) is 1. The van der Waals surface area contributed by atoms with E-state index < -0.39 is 0 Å². The number of hydrogen-bond acceptors (Lipinski definition) is 3. The van der Waals surface area contributed by atoms with Crippen molar-refractivity contribution in [3.8, 4) is 5.75 Å². The van der Waals surface area contributed by atoms with Crippen molar-refractivity contribution in [2.45, 2.75) is 19.3 Å². The van der Waals surface area contributed by atoms with E-state index in [1.54, 1.807) is 31.4 Å². The Morgan fingerprint density at radius 1 is 1.32 bits per heavy atom. The second-order valence-electron chi connectivity index (χ2n) is 4.54. The van der Waals surface area contributed by atoms with Gasteiger partial charge in [0.05, 0.1) is 7.11 Å². The minimum absolute atomic E-state index is 0.186. The van der Waals surface area contributed by atoms with Gasteiger partial charge in [-0.15, -0.1) is 0 Å². The molecule has 1 aliphatic rings. The molecule has 1 heterocycles. The first-order chi connectivity index (χ1) is 9.20. The zero-order valence-corrected chi connectivity index (χ0v) is 11.8. The van der Waals surface area contributed by atoms with E-state index in [0.29, 0.717) is 16.4 Å². The monoisotopic (exact) mass is 278 g/mol. The minimum Gasteiger partial charge on any atom is -0.497 e. The molecule has 1 aromatic rings. The van der Waals surface area contributed by atoms with Gasteiger partial charge in [-0.1, -0.05) is 6.07 Å². The Morgan fingerprint density at radius 3 is 2.74 bits per heavy atom. The third-order valence-electron chi connectivity index (χ3n) is 3.20. The van der Waals surface area contributed by atoms with Crippen molar-refractivity contribution in [1.82, 2.24) is 10.2 Å². The number of benzene rings is 1. The Bertz CT molecular complexity index is 470. The highest BCUT2D eigenvalue weighted by atomic mass is 32.1. The van der Waals surface area contributed by atoms with E-state index in [0.717, 1.165) is 25.9 Å². The zero-order chi connectivity index (χ0) is 13.7. The predicted octanol–water partition coefficient (Wildman–Crippen LogP) is 2.20. The number of likely N-dealkylation sites (tertiary alicyclic amines) is 1. The maximum absolute atomic E-state index is 12.1. The molecule has 0 atom stereocenters. The normalized spacial score (nSPS) is 14.9. The summed E-state index contributed by atoms with van der Waals surface area (Å²) in [5, 5.41) is 3.30. The first-order valence-corrected chi connectivity index (χ1v) is 6.86. The molecule has 1 N–H and O–H groups in total. The smallest absolute Gasteiger partial charge is 0.257 e. The minimum atomic E-state index is -0.186. The molecule has 1 aliphatic heterocycles. The molecule has 0 aromatic heterocycles. The number of amides is 1. The Morgan fingerprint density at radius 2 is 2.05 bits per heavy atom. The summed E-state index contributed by atoms with van der Waals surface area (Å²) in [6.07, 6.45) is 3.51. The van der Waals surface area contributed by atoms with Gasteiger partial charge < -0.3 is 9.64 Å². The van der Waals surface area contributed by atoms with Gasteiger partial charge in [-0.2, -0.15) is 0 Å². The van der Waals surface area contributed by atoms with Gasteiger partial charge in [-0.3, -0.25) is 10.1 Å². The van der Waals surface area contributed by atoms with Gasteiger partial charge in [-0.25, -0.2) is 0 Å². The second-order valence-corrected chi connectivity index (χ2v) is 4.93. The maximum atomic E-state index is 12.1. The average molecular weight is 278 g/mol. The van der Waals surface area contributed by atoms with Crippen LogP contribution in [0.1, 0.15) is 29.6 Å². The lowest BCUT2D eigenvalue weighted by atomic mass is 10.1. The van der Waals surface area contributed by atoms with Crippen molar-refractivity contribution >= 4 is 23.2 Å². The van der Waals surface area contributed by atoms with Crippen LogP contribution in [-0.4, -0.2) is 36.1 Å². The average Bonchev–Trinajstić information content (AvgIpc) is 2.48. The number of hydrogen-bond donors (Lipinski definition) is 1. The van der Waals surface area contributed by atoms with Gasteiger partial charge in [0.2, 0.25) is 0 Å². The highest BCUT2D eigenvalue weighted by Gasteiger charge is 2.16. The fraction of sp³-hybridized carbons (Fsp3) is 0.429. The molecule has 2 rings (SSSR count). The van der Waals surface area contributed by atoms with Crippen molar-refractivity contribution in [3.05, 3.63) is 29.8 Å². The molecule has 5 heteroatoms. The Labute approximate surface area is 118 Å². The molecule has 0 spiro atoms. The summed E-state index contributed by atoms with van der Waals surface area (Å²) in [6, 6.07) is 7.04. The van der Waals surface area contributed by atoms with Crippen molar-refractivity contribution in [1.29, 1.82) is 0 Å². The summed E-state index contributed by atoms with van der Waals surface area (Å²) < 4.78 is 5.10. The van der Waals surface area contributed by atoms with Crippen LogP contribution < -0.4 is 10.1 Å². The topological polar surface area (TPSA) is 41.6 Å². The third-order valence-corrected chi connectivity index (χ3v) is 3.56. The highest BCUT2D eigenvalue weighted by molar-refractivity contribution is 7.80. The van der Waals surface area contributed by atoms with E-state index in [1.165, 1.54) is 6.42 Å². The van der Waals surface area contributed by atoms with Crippen LogP contribution in [0, 0.1) is 0 Å².